The lowest BCUT2D eigenvalue weighted by molar-refractivity contribution is -0.141. The molecule has 17 heavy (non-hydrogen) atoms. The smallest absolute Gasteiger partial charge is 0.307 e. The van der Waals surface area contributed by atoms with Crippen LogP contribution in [0.2, 0.25) is 0 Å². The second kappa shape index (κ2) is 6.93. The first kappa shape index (κ1) is 16.3. The SMILES string of the molecule is CC(CN(CCCN(C)C)S(C)(=O)=O)C(=O)O. The first-order chi connectivity index (χ1) is 7.64. The highest BCUT2D eigenvalue weighted by Gasteiger charge is 2.22. The van der Waals surface area contributed by atoms with E-state index < -0.39 is 21.9 Å². The molecule has 7 heteroatoms. The molecule has 1 atom stereocenters. The summed E-state index contributed by atoms with van der Waals surface area (Å²) in [5.74, 6) is -1.67. The second-order valence-electron chi connectivity index (χ2n) is 4.52. The first-order valence-electron chi connectivity index (χ1n) is 5.47. The molecule has 0 radical (unpaired) electrons. The Morgan fingerprint density at radius 1 is 1.29 bits per heavy atom. The average molecular weight is 266 g/mol. The molecule has 0 bridgehead atoms. The first-order valence-corrected chi connectivity index (χ1v) is 7.32. The van der Waals surface area contributed by atoms with Crippen LogP contribution in [0.5, 0.6) is 0 Å². The lowest BCUT2D eigenvalue weighted by Crippen LogP contribution is -2.37. The van der Waals surface area contributed by atoms with E-state index in [2.05, 4.69) is 0 Å². The minimum atomic E-state index is -3.34. The number of carboxylic acid groups (broad SMARTS) is 1. The van der Waals surface area contributed by atoms with Gasteiger partial charge in [-0.15, -0.1) is 0 Å². The van der Waals surface area contributed by atoms with Gasteiger partial charge in [0.05, 0.1) is 12.2 Å². The van der Waals surface area contributed by atoms with Gasteiger partial charge in [0.1, 0.15) is 0 Å². The summed E-state index contributed by atoms with van der Waals surface area (Å²) in [6.07, 6.45) is 1.80. The molecule has 0 saturated heterocycles. The fourth-order valence-corrected chi connectivity index (χ4v) is 2.29. The summed E-state index contributed by atoms with van der Waals surface area (Å²) >= 11 is 0. The van der Waals surface area contributed by atoms with Crippen molar-refractivity contribution in [2.45, 2.75) is 13.3 Å². The zero-order valence-corrected chi connectivity index (χ0v) is 11.7. The van der Waals surface area contributed by atoms with Crippen LogP contribution in [0.4, 0.5) is 0 Å². The molecule has 1 N–H and O–H groups in total. The Bertz CT molecular complexity index is 340. The van der Waals surface area contributed by atoms with Gasteiger partial charge in [0, 0.05) is 13.1 Å². The molecule has 0 rings (SSSR count). The van der Waals surface area contributed by atoms with Crippen LogP contribution < -0.4 is 0 Å². The van der Waals surface area contributed by atoms with Crippen molar-refractivity contribution in [2.24, 2.45) is 5.92 Å². The molecule has 0 aliphatic rings. The lowest BCUT2D eigenvalue weighted by Gasteiger charge is -2.22. The third kappa shape index (κ3) is 7.30. The van der Waals surface area contributed by atoms with Crippen molar-refractivity contribution in [3.05, 3.63) is 0 Å². The molecule has 0 aromatic carbocycles. The van der Waals surface area contributed by atoms with E-state index in [1.165, 1.54) is 11.2 Å². The molecule has 0 heterocycles. The number of nitrogens with zero attached hydrogens (tertiary/aromatic N) is 2. The van der Waals surface area contributed by atoms with E-state index in [1.54, 1.807) is 0 Å². The Labute approximate surface area is 103 Å². The van der Waals surface area contributed by atoms with E-state index in [4.69, 9.17) is 5.11 Å². The van der Waals surface area contributed by atoms with E-state index in [9.17, 15) is 13.2 Å². The third-order valence-corrected chi connectivity index (χ3v) is 3.65. The zero-order chi connectivity index (χ0) is 13.6. The highest BCUT2D eigenvalue weighted by atomic mass is 32.2. The highest BCUT2D eigenvalue weighted by molar-refractivity contribution is 7.88. The predicted octanol–water partition coefficient (Wildman–Crippen LogP) is -0.0796. The molecule has 6 nitrogen and oxygen atoms in total. The van der Waals surface area contributed by atoms with Gasteiger partial charge in [-0.1, -0.05) is 6.92 Å². The fourth-order valence-electron chi connectivity index (χ4n) is 1.34. The fraction of sp³-hybridized carbons (Fsp3) is 0.900. The summed E-state index contributed by atoms with van der Waals surface area (Å²) in [6, 6.07) is 0. The molecule has 0 aliphatic heterocycles. The average Bonchev–Trinajstić information content (AvgIpc) is 2.13. The van der Waals surface area contributed by atoms with Crippen LogP contribution >= 0.6 is 0 Å². The normalized spacial score (nSPS) is 14.2. The summed E-state index contributed by atoms with van der Waals surface area (Å²) in [5.41, 5.74) is 0. The van der Waals surface area contributed by atoms with Crippen LogP contribution in [0, 0.1) is 5.92 Å². The van der Waals surface area contributed by atoms with Gasteiger partial charge in [-0.3, -0.25) is 4.79 Å². The molecular weight excluding hydrogens is 244 g/mol. The highest BCUT2D eigenvalue weighted by Crippen LogP contribution is 2.06. The topological polar surface area (TPSA) is 77.9 Å². The van der Waals surface area contributed by atoms with Gasteiger partial charge in [0.2, 0.25) is 10.0 Å². The Morgan fingerprint density at radius 2 is 1.82 bits per heavy atom. The van der Waals surface area contributed by atoms with Gasteiger partial charge in [-0.25, -0.2) is 12.7 Å². The van der Waals surface area contributed by atoms with E-state index >= 15 is 0 Å². The largest absolute Gasteiger partial charge is 0.481 e. The summed E-state index contributed by atoms with van der Waals surface area (Å²) in [5, 5.41) is 8.78. The van der Waals surface area contributed by atoms with Gasteiger partial charge < -0.3 is 10.0 Å². The van der Waals surface area contributed by atoms with Crippen molar-refractivity contribution >= 4 is 16.0 Å². The van der Waals surface area contributed by atoms with Crippen LogP contribution in [0.25, 0.3) is 0 Å². The van der Waals surface area contributed by atoms with Crippen LogP contribution in [0.3, 0.4) is 0 Å². The van der Waals surface area contributed by atoms with Crippen molar-refractivity contribution in [3.8, 4) is 0 Å². The van der Waals surface area contributed by atoms with Crippen molar-refractivity contribution in [1.29, 1.82) is 0 Å². The summed E-state index contributed by atoms with van der Waals surface area (Å²) in [4.78, 5) is 12.7. The van der Waals surface area contributed by atoms with Crippen LogP contribution in [-0.2, 0) is 14.8 Å². The standard InChI is InChI=1S/C10H22N2O4S/c1-9(10(13)14)8-12(17(4,15)16)7-5-6-11(2)3/h9H,5-8H2,1-4H3,(H,13,14). The van der Waals surface area contributed by atoms with E-state index in [-0.39, 0.29) is 6.54 Å². The zero-order valence-electron chi connectivity index (χ0n) is 10.9. The Hall–Kier alpha value is -0.660. The molecule has 0 amide bonds. The van der Waals surface area contributed by atoms with Crippen molar-refractivity contribution in [3.63, 3.8) is 0 Å². The van der Waals surface area contributed by atoms with Gasteiger partial charge in [-0.2, -0.15) is 0 Å². The van der Waals surface area contributed by atoms with Crippen molar-refractivity contribution in [1.82, 2.24) is 9.21 Å². The molecule has 1 unspecified atom stereocenters. The monoisotopic (exact) mass is 266 g/mol. The predicted molar refractivity (Wildman–Crippen MR) is 66.4 cm³/mol. The van der Waals surface area contributed by atoms with Crippen LogP contribution in [0.15, 0.2) is 0 Å². The van der Waals surface area contributed by atoms with Crippen molar-refractivity contribution in [2.75, 3.05) is 40.0 Å². The van der Waals surface area contributed by atoms with E-state index in [1.807, 2.05) is 19.0 Å². The molecule has 0 spiro atoms. The minimum absolute atomic E-state index is 0.0294. The van der Waals surface area contributed by atoms with Gasteiger partial charge in [0.15, 0.2) is 0 Å². The summed E-state index contributed by atoms with van der Waals surface area (Å²) in [7, 11) is 0.475. The van der Waals surface area contributed by atoms with E-state index in [0.717, 1.165) is 12.8 Å². The maximum absolute atomic E-state index is 11.5. The van der Waals surface area contributed by atoms with E-state index in [0.29, 0.717) is 13.0 Å². The number of hydrogen-bond donors (Lipinski definition) is 1. The Morgan fingerprint density at radius 3 is 2.18 bits per heavy atom. The molecule has 0 aromatic rings. The number of carboxylic acids is 1. The quantitative estimate of drug-likeness (QED) is 0.665. The van der Waals surface area contributed by atoms with Crippen LogP contribution in [0.1, 0.15) is 13.3 Å². The lowest BCUT2D eigenvalue weighted by atomic mass is 10.2. The third-order valence-electron chi connectivity index (χ3n) is 2.38. The maximum atomic E-state index is 11.5. The van der Waals surface area contributed by atoms with Crippen LogP contribution in [-0.4, -0.2) is 68.7 Å². The van der Waals surface area contributed by atoms with Gasteiger partial charge in [-0.05, 0) is 27.1 Å². The number of rotatable bonds is 8. The summed E-state index contributed by atoms with van der Waals surface area (Å²) in [6.45, 7) is 2.66. The van der Waals surface area contributed by atoms with Gasteiger partial charge in [0.25, 0.3) is 0 Å². The Kier molecular flexibility index (Phi) is 6.66. The summed E-state index contributed by atoms with van der Waals surface area (Å²) < 4.78 is 24.2. The second-order valence-corrected chi connectivity index (χ2v) is 6.50. The molecule has 0 aliphatic carbocycles. The molecule has 0 fully saturated rings. The Balaban J connectivity index is 4.41. The number of aliphatic carboxylic acids is 1. The van der Waals surface area contributed by atoms with Gasteiger partial charge >= 0.3 is 5.97 Å². The minimum Gasteiger partial charge on any atom is -0.481 e. The van der Waals surface area contributed by atoms with Crippen molar-refractivity contribution < 1.29 is 18.3 Å². The molecule has 0 saturated carbocycles. The molecule has 102 valence electrons. The maximum Gasteiger partial charge on any atom is 0.307 e. The number of hydrogen-bond acceptors (Lipinski definition) is 4. The number of sulfonamides is 1. The number of carbonyl (C=O) groups is 1. The molecular formula is C10H22N2O4S. The molecule has 0 aromatic heterocycles.